The lowest BCUT2D eigenvalue weighted by atomic mass is 10.2. The Morgan fingerprint density at radius 2 is 1.84 bits per heavy atom. The maximum Gasteiger partial charge on any atom is 0.316 e. The molecule has 3 rings (SSSR count). The van der Waals surface area contributed by atoms with Crippen LogP contribution in [0.4, 0.5) is 0 Å². The summed E-state index contributed by atoms with van der Waals surface area (Å²) in [4.78, 5) is 33.8. The number of hydrogen-bond donors (Lipinski definition) is 0. The minimum atomic E-state index is -0.390. The Morgan fingerprint density at radius 1 is 1.12 bits per heavy atom. The van der Waals surface area contributed by atoms with Crippen LogP contribution in [0, 0.1) is 0 Å². The molecule has 2 aromatic carbocycles. The normalized spacial score (nSPS) is 10.6. The lowest BCUT2D eigenvalue weighted by Crippen LogP contribution is -2.28. The highest BCUT2D eigenvalue weighted by atomic mass is 32.2. The van der Waals surface area contributed by atoms with E-state index in [1.807, 2.05) is 30.3 Å². The Morgan fingerprint density at radius 3 is 2.60 bits per heavy atom. The van der Waals surface area contributed by atoms with Crippen molar-refractivity contribution in [1.29, 1.82) is 0 Å². The van der Waals surface area contributed by atoms with Gasteiger partial charge >= 0.3 is 5.97 Å². The predicted octanol–water partition coefficient (Wildman–Crippen LogP) is 2.29. The molecular formula is C18H16N2O4S. The molecule has 0 fully saturated rings. The lowest BCUT2D eigenvalue weighted by Gasteiger charge is -2.10. The smallest absolute Gasteiger partial charge is 0.316 e. The van der Waals surface area contributed by atoms with E-state index >= 15 is 0 Å². The fraction of sp³-hybridized carbons (Fsp3) is 0.167. The van der Waals surface area contributed by atoms with Gasteiger partial charge in [0, 0.05) is 0 Å². The lowest BCUT2D eigenvalue weighted by molar-refractivity contribution is -0.141. The van der Waals surface area contributed by atoms with E-state index in [-0.39, 0.29) is 23.9 Å². The van der Waals surface area contributed by atoms with E-state index < -0.39 is 0 Å². The number of thioether (sulfide) groups is 1. The fourth-order valence-electron chi connectivity index (χ4n) is 2.25. The van der Waals surface area contributed by atoms with Crippen LogP contribution in [0.15, 0.2) is 64.5 Å². The maximum absolute atomic E-state index is 12.4. The van der Waals surface area contributed by atoms with Crippen LogP contribution in [-0.4, -0.2) is 28.5 Å². The molecule has 0 aliphatic heterocycles. The number of aromatic nitrogens is 2. The van der Waals surface area contributed by atoms with E-state index in [4.69, 9.17) is 9.57 Å². The molecular weight excluding hydrogens is 340 g/mol. The second-order valence-corrected chi connectivity index (χ2v) is 6.07. The van der Waals surface area contributed by atoms with Crippen molar-refractivity contribution in [3.8, 4) is 0 Å². The van der Waals surface area contributed by atoms with Gasteiger partial charge in [-0.1, -0.05) is 54.2 Å². The Labute approximate surface area is 148 Å². The van der Waals surface area contributed by atoms with Crippen molar-refractivity contribution in [2.75, 3.05) is 12.9 Å². The standard InChI is InChI=1S/C18H16N2O4S/c1-23-20-17(22)14-9-5-6-10-15(14)19-18(20)25-12-16(21)24-11-13-7-3-2-4-8-13/h2-10H,11-12H2,1H3. The fourth-order valence-corrected chi connectivity index (χ4v) is 3.02. The van der Waals surface area contributed by atoms with Crippen molar-refractivity contribution in [2.24, 2.45) is 0 Å². The zero-order valence-electron chi connectivity index (χ0n) is 13.5. The number of ether oxygens (including phenoxy) is 1. The first kappa shape index (κ1) is 17.0. The van der Waals surface area contributed by atoms with Crippen LogP contribution < -0.4 is 10.4 Å². The molecule has 7 heteroatoms. The van der Waals surface area contributed by atoms with Crippen LogP contribution in [0.3, 0.4) is 0 Å². The summed E-state index contributed by atoms with van der Waals surface area (Å²) in [6.07, 6.45) is 0. The van der Waals surface area contributed by atoms with Crippen LogP contribution in [0.5, 0.6) is 0 Å². The van der Waals surface area contributed by atoms with Crippen LogP contribution >= 0.6 is 11.8 Å². The van der Waals surface area contributed by atoms with Gasteiger partial charge in [-0.25, -0.2) is 4.98 Å². The third-order valence-corrected chi connectivity index (χ3v) is 4.35. The topological polar surface area (TPSA) is 70.4 Å². The first-order chi connectivity index (χ1) is 12.2. The first-order valence-corrected chi connectivity index (χ1v) is 8.56. The van der Waals surface area contributed by atoms with Crippen LogP contribution in [0.25, 0.3) is 10.9 Å². The molecule has 0 saturated carbocycles. The largest absolute Gasteiger partial charge is 0.460 e. The van der Waals surface area contributed by atoms with Gasteiger partial charge in [-0.2, -0.15) is 0 Å². The summed E-state index contributed by atoms with van der Waals surface area (Å²) < 4.78 is 6.31. The van der Waals surface area contributed by atoms with E-state index in [1.165, 1.54) is 7.11 Å². The molecule has 0 unspecified atom stereocenters. The number of nitrogens with zero attached hydrogens (tertiary/aromatic N) is 2. The van der Waals surface area contributed by atoms with Crippen molar-refractivity contribution >= 4 is 28.6 Å². The Hall–Kier alpha value is -2.80. The summed E-state index contributed by atoms with van der Waals surface area (Å²) >= 11 is 1.10. The summed E-state index contributed by atoms with van der Waals surface area (Å²) in [7, 11) is 1.38. The highest BCUT2D eigenvalue weighted by Crippen LogP contribution is 2.17. The number of carbonyl (C=O) groups excluding carboxylic acids is 1. The van der Waals surface area contributed by atoms with Gasteiger partial charge in [-0.05, 0) is 17.7 Å². The Bertz CT molecular complexity index is 941. The van der Waals surface area contributed by atoms with E-state index in [9.17, 15) is 9.59 Å². The molecule has 0 N–H and O–H groups in total. The van der Waals surface area contributed by atoms with E-state index in [0.717, 1.165) is 22.1 Å². The second-order valence-electron chi connectivity index (χ2n) is 5.13. The maximum atomic E-state index is 12.4. The van der Waals surface area contributed by atoms with Crippen molar-refractivity contribution in [2.45, 2.75) is 11.8 Å². The molecule has 0 amide bonds. The summed E-state index contributed by atoms with van der Waals surface area (Å²) in [6.45, 7) is 0.211. The number of para-hydroxylation sites is 1. The predicted molar refractivity (Wildman–Crippen MR) is 95.5 cm³/mol. The molecule has 6 nitrogen and oxygen atoms in total. The van der Waals surface area contributed by atoms with E-state index in [2.05, 4.69) is 4.98 Å². The third kappa shape index (κ3) is 4.00. The zero-order valence-corrected chi connectivity index (χ0v) is 14.4. The number of benzene rings is 2. The molecule has 0 aliphatic carbocycles. The molecule has 0 aliphatic rings. The number of esters is 1. The van der Waals surface area contributed by atoms with Crippen molar-refractivity contribution in [3.05, 3.63) is 70.5 Å². The molecule has 3 aromatic rings. The van der Waals surface area contributed by atoms with Crippen molar-refractivity contribution < 1.29 is 14.4 Å². The van der Waals surface area contributed by atoms with Gasteiger partial charge in [-0.3, -0.25) is 9.59 Å². The molecule has 0 saturated heterocycles. The summed E-state index contributed by atoms with van der Waals surface area (Å²) in [5.41, 5.74) is 1.16. The molecule has 128 valence electrons. The Balaban J connectivity index is 1.70. The van der Waals surface area contributed by atoms with Crippen LogP contribution in [-0.2, 0) is 16.1 Å². The van der Waals surface area contributed by atoms with Gasteiger partial charge in [0.1, 0.15) is 13.7 Å². The quantitative estimate of drug-likeness (QED) is 0.383. The minimum absolute atomic E-state index is 0.0287. The first-order valence-electron chi connectivity index (χ1n) is 7.57. The van der Waals surface area contributed by atoms with Crippen LogP contribution in [0.1, 0.15) is 5.56 Å². The molecule has 1 aromatic heterocycles. The highest BCUT2D eigenvalue weighted by Gasteiger charge is 2.14. The average molecular weight is 356 g/mol. The molecule has 0 bridgehead atoms. The van der Waals surface area contributed by atoms with E-state index in [0.29, 0.717) is 16.1 Å². The van der Waals surface area contributed by atoms with Crippen LogP contribution in [0.2, 0.25) is 0 Å². The SMILES string of the molecule is COn1c(SCC(=O)OCc2ccccc2)nc2ccccc2c1=O. The molecule has 1 heterocycles. The average Bonchev–Trinajstić information content (AvgIpc) is 2.65. The van der Waals surface area contributed by atoms with E-state index in [1.54, 1.807) is 24.3 Å². The third-order valence-electron chi connectivity index (χ3n) is 3.45. The second kappa shape index (κ2) is 7.85. The molecule has 0 radical (unpaired) electrons. The van der Waals surface area contributed by atoms with Gasteiger partial charge in [0.25, 0.3) is 5.56 Å². The zero-order chi connectivity index (χ0) is 17.6. The minimum Gasteiger partial charge on any atom is -0.460 e. The monoisotopic (exact) mass is 356 g/mol. The summed E-state index contributed by atoms with van der Waals surface area (Å²) in [5.74, 6) is -0.361. The number of hydrogen-bond acceptors (Lipinski definition) is 6. The summed E-state index contributed by atoms with van der Waals surface area (Å²) in [6, 6.07) is 16.4. The van der Waals surface area contributed by atoms with Crippen molar-refractivity contribution in [1.82, 2.24) is 9.71 Å². The summed E-state index contributed by atoms with van der Waals surface area (Å²) in [5, 5.41) is 0.767. The van der Waals surface area contributed by atoms with Gasteiger partial charge in [0.15, 0.2) is 0 Å². The Kier molecular flexibility index (Phi) is 5.35. The number of carbonyl (C=O) groups is 1. The van der Waals surface area contributed by atoms with Gasteiger partial charge in [0.05, 0.1) is 16.7 Å². The van der Waals surface area contributed by atoms with Gasteiger partial charge in [-0.15, -0.1) is 4.73 Å². The van der Waals surface area contributed by atoms with Crippen molar-refractivity contribution in [3.63, 3.8) is 0 Å². The van der Waals surface area contributed by atoms with Gasteiger partial charge < -0.3 is 9.57 Å². The highest BCUT2D eigenvalue weighted by molar-refractivity contribution is 7.99. The number of fused-ring (bicyclic) bond motifs is 1. The molecule has 0 spiro atoms. The van der Waals surface area contributed by atoms with Gasteiger partial charge in [0.2, 0.25) is 5.16 Å². The molecule has 0 atom stereocenters. The molecule has 25 heavy (non-hydrogen) atoms. The number of rotatable bonds is 6.